The minimum absolute atomic E-state index is 0.156. The normalized spacial score (nSPS) is 12.4. The molecular weight excluding hydrogens is 446 g/mol. The number of anilines is 3. The van der Waals surface area contributed by atoms with E-state index in [1.807, 2.05) is 39.2 Å². The van der Waals surface area contributed by atoms with Crippen molar-refractivity contribution >= 4 is 45.4 Å². The summed E-state index contributed by atoms with van der Waals surface area (Å²) in [5.41, 5.74) is 3.14. The molecule has 0 aliphatic rings. The van der Waals surface area contributed by atoms with Gasteiger partial charge in [0.15, 0.2) is 0 Å². The Hall–Kier alpha value is -2.94. The van der Waals surface area contributed by atoms with Crippen LogP contribution in [-0.4, -0.2) is 39.1 Å². The molecule has 168 valence electrons. The monoisotopic (exact) mass is 471 g/mol. The number of hydrazone groups is 1. The number of nitrogens with one attached hydrogen (secondary N) is 1. The number of benzene rings is 2. The lowest BCUT2D eigenvalue weighted by atomic mass is 10.1. The summed E-state index contributed by atoms with van der Waals surface area (Å²) in [5, 5.41) is 6.03. The summed E-state index contributed by atoms with van der Waals surface area (Å²) in [7, 11) is 0.0925. The summed E-state index contributed by atoms with van der Waals surface area (Å²) < 4.78 is 28.9. The molecule has 0 aliphatic carbocycles. The maximum absolute atomic E-state index is 13.1. The van der Waals surface area contributed by atoms with Gasteiger partial charge in [-0.15, -0.1) is 0 Å². The fourth-order valence-corrected chi connectivity index (χ4v) is 4.42. The van der Waals surface area contributed by atoms with Gasteiger partial charge in [0.05, 0.1) is 27.7 Å². The predicted molar refractivity (Wildman–Crippen MR) is 131 cm³/mol. The van der Waals surface area contributed by atoms with Crippen LogP contribution in [-0.2, 0) is 10.0 Å². The lowest BCUT2D eigenvalue weighted by molar-refractivity contribution is 0.321. The van der Waals surface area contributed by atoms with Crippen LogP contribution in [0.5, 0.6) is 0 Å². The number of hydrogen-bond acceptors (Lipinski definition) is 6. The van der Waals surface area contributed by atoms with Crippen LogP contribution in [0.15, 0.2) is 70.8 Å². The van der Waals surface area contributed by atoms with Gasteiger partial charge in [0.2, 0.25) is 0 Å². The first-order valence-corrected chi connectivity index (χ1v) is 11.8. The molecule has 3 rings (SSSR count). The summed E-state index contributed by atoms with van der Waals surface area (Å²) in [6.45, 7) is 7.53. The second-order valence-electron chi connectivity index (χ2n) is 7.54. The van der Waals surface area contributed by atoms with Gasteiger partial charge in [-0.25, -0.2) is 13.4 Å². The van der Waals surface area contributed by atoms with Crippen LogP contribution in [0.1, 0.15) is 24.2 Å². The van der Waals surface area contributed by atoms with Gasteiger partial charge in [0.25, 0.3) is 10.0 Å². The van der Waals surface area contributed by atoms with Crippen molar-refractivity contribution in [2.24, 2.45) is 5.10 Å². The second kappa shape index (κ2) is 9.68. The Bertz CT molecular complexity index is 1210. The van der Waals surface area contributed by atoms with Crippen molar-refractivity contribution in [1.29, 1.82) is 0 Å². The maximum atomic E-state index is 13.1. The number of pyridine rings is 1. The van der Waals surface area contributed by atoms with Gasteiger partial charge in [-0.3, -0.25) is 9.71 Å². The Morgan fingerprint density at radius 3 is 2.38 bits per heavy atom. The third kappa shape index (κ3) is 5.09. The molecule has 0 bridgehead atoms. The molecule has 0 spiro atoms. The molecule has 0 saturated heterocycles. The standard InChI is InChI=1S/C23H26ClN5O2S/c1-16-22(7-6-14-26-16)29(25-3)23-15-19(24)10-13-21(23)27-32(30,31)20-11-8-18(9-12-20)17(2)28(4)5/h6-15,17,27H,3H2,1-2,4-5H3. The Morgan fingerprint density at radius 2 is 1.78 bits per heavy atom. The number of nitrogens with zero attached hydrogens (tertiary/aromatic N) is 4. The lowest BCUT2D eigenvalue weighted by Gasteiger charge is -2.23. The molecule has 0 amide bonds. The van der Waals surface area contributed by atoms with Crippen molar-refractivity contribution in [3.8, 4) is 0 Å². The van der Waals surface area contributed by atoms with Crippen LogP contribution in [0.4, 0.5) is 17.1 Å². The molecule has 1 unspecified atom stereocenters. The summed E-state index contributed by atoms with van der Waals surface area (Å²) in [4.78, 5) is 6.49. The average molecular weight is 472 g/mol. The van der Waals surface area contributed by atoms with Crippen LogP contribution in [0, 0.1) is 6.92 Å². The van der Waals surface area contributed by atoms with Gasteiger partial charge >= 0.3 is 0 Å². The molecule has 2 aromatic carbocycles. The molecule has 0 fully saturated rings. The second-order valence-corrected chi connectivity index (χ2v) is 9.66. The first kappa shape index (κ1) is 23.7. The van der Waals surface area contributed by atoms with Crippen LogP contribution in [0.25, 0.3) is 0 Å². The topological polar surface area (TPSA) is 77.9 Å². The molecule has 0 aliphatic heterocycles. The SMILES string of the molecule is C=NN(c1cc(Cl)ccc1NS(=O)(=O)c1ccc(C(C)N(C)C)cc1)c1cccnc1C. The smallest absolute Gasteiger partial charge is 0.261 e. The molecule has 1 heterocycles. The van der Waals surface area contributed by atoms with Gasteiger partial charge < -0.3 is 4.90 Å². The summed E-state index contributed by atoms with van der Waals surface area (Å²) in [6.07, 6.45) is 1.67. The van der Waals surface area contributed by atoms with E-state index in [1.54, 1.807) is 42.6 Å². The highest BCUT2D eigenvalue weighted by atomic mass is 35.5. The minimum Gasteiger partial charge on any atom is -0.303 e. The highest BCUT2D eigenvalue weighted by molar-refractivity contribution is 7.92. The number of aryl methyl sites for hydroxylation is 1. The molecule has 1 aromatic heterocycles. The zero-order valence-electron chi connectivity index (χ0n) is 18.4. The van der Waals surface area contributed by atoms with E-state index in [0.29, 0.717) is 27.8 Å². The van der Waals surface area contributed by atoms with E-state index in [9.17, 15) is 8.42 Å². The highest BCUT2D eigenvalue weighted by Gasteiger charge is 2.21. The van der Waals surface area contributed by atoms with Crippen molar-refractivity contribution in [3.63, 3.8) is 0 Å². The predicted octanol–water partition coefficient (Wildman–Crippen LogP) is 5.22. The minimum atomic E-state index is -3.86. The molecule has 1 N–H and O–H groups in total. The first-order chi connectivity index (χ1) is 15.1. The number of sulfonamides is 1. The van der Waals surface area contributed by atoms with Gasteiger partial charge in [-0.05, 0) is 76.0 Å². The fourth-order valence-electron chi connectivity index (χ4n) is 3.18. The summed E-state index contributed by atoms with van der Waals surface area (Å²) >= 11 is 6.22. The van der Waals surface area contributed by atoms with E-state index in [-0.39, 0.29) is 10.9 Å². The first-order valence-electron chi connectivity index (χ1n) is 9.91. The van der Waals surface area contributed by atoms with E-state index in [4.69, 9.17) is 11.6 Å². The van der Waals surface area contributed by atoms with Crippen molar-refractivity contribution < 1.29 is 8.42 Å². The molecule has 32 heavy (non-hydrogen) atoms. The Kier molecular flexibility index (Phi) is 7.18. The third-order valence-electron chi connectivity index (χ3n) is 5.23. The maximum Gasteiger partial charge on any atom is 0.261 e. The van der Waals surface area contributed by atoms with Gasteiger partial charge in [-0.2, -0.15) is 5.10 Å². The van der Waals surface area contributed by atoms with Crippen LogP contribution >= 0.6 is 11.6 Å². The Balaban J connectivity index is 1.99. The zero-order chi connectivity index (χ0) is 23.5. The lowest BCUT2D eigenvalue weighted by Crippen LogP contribution is -2.18. The average Bonchev–Trinajstić information content (AvgIpc) is 2.76. The molecule has 3 aromatic rings. The molecule has 0 radical (unpaired) electrons. The van der Waals surface area contributed by atoms with E-state index >= 15 is 0 Å². The van der Waals surface area contributed by atoms with E-state index in [0.717, 1.165) is 5.56 Å². The molecule has 9 heteroatoms. The van der Waals surface area contributed by atoms with Gasteiger partial charge in [0, 0.05) is 24.0 Å². The number of halogens is 1. The number of hydrogen-bond donors (Lipinski definition) is 1. The van der Waals surface area contributed by atoms with E-state index < -0.39 is 10.0 Å². The molecule has 7 nitrogen and oxygen atoms in total. The van der Waals surface area contributed by atoms with Gasteiger partial charge in [-0.1, -0.05) is 23.7 Å². The summed E-state index contributed by atoms with van der Waals surface area (Å²) in [6, 6.07) is 15.4. The fraction of sp³-hybridized carbons (Fsp3) is 0.217. The van der Waals surface area contributed by atoms with Crippen molar-refractivity contribution in [2.75, 3.05) is 23.8 Å². The van der Waals surface area contributed by atoms with Crippen molar-refractivity contribution in [3.05, 3.63) is 77.1 Å². The van der Waals surface area contributed by atoms with Gasteiger partial charge in [0.1, 0.15) is 0 Å². The van der Waals surface area contributed by atoms with Crippen molar-refractivity contribution in [1.82, 2.24) is 9.88 Å². The van der Waals surface area contributed by atoms with E-state index in [2.05, 4.69) is 33.3 Å². The van der Waals surface area contributed by atoms with Crippen LogP contribution in [0.3, 0.4) is 0 Å². The largest absolute Gasteiger partial charge is 0.303 e. The Labute approximate surface area is 194 Å². The zero-order valence-corrected chi connectivity index (χ0v) is 20.0. The van der Waals surface area contributed by atoms with Crippen LogP contribution < -0.4 is 9.73 Å². The number of aromatic nitrogens is 1. The summed E-state index contributed by atoms with van der Waals surface area (Å²) in [5.74, 6) is 0. The molecule has 0 saturated carbocycles. The van der Waals surface area contributed by atoms with Crippen LogP contribution in [0.2, 0.25) is 5.02 Å². The Morgan fingerprint density at radius 1 is 1.09 bits per heavy atom. The highest BCUT2D eigenvalue weighted by Crippen LogP contribution is 2.36. The van der Waals surface area contributed by atoms with Crippen molar-refractivity contribution in [2.45, 2.75) is 24.8 Å². The molecule has 1 atom stereocenters. The third-order valence-corrected chi connectivity index (χ3v) is 6.84. The van der Waals surface area contributed by atoms with E-state index in [1.165, 1.54) is 5.01 Å². The molecular formula is C23H26ClN5O2S. The number of rotatable bonds is 8. The quantitative estimate of drug-likeness (QED) is 0.360.